The number of allylic oxidation sites excluding steroid dienone is 3. The van der Waals surface area contributed by atoms with Crippen LogP contribution in [-0.4, -0.2) is 36.2 Å². The number of amides is 1. The third-order valence-corrected chi connectivity index (χ3v) is 3.70. The molecule has 0 aromatic heterocycles. The van der Waals surface area contributed by atoms with E-state index in [4.69, 9.17) is 15.2 Å². The second-order valence-electron chi connectivity index (χ2n) is 7.30. The predicted octanol–water partition coefficient (Wildman–Crippen LogP) is 4.67. The van der Waals surface area contributed by atoms with Crippen LogP contribution in [0.1, 0.15) is 46.6 Å². The molecule has 5 nitrogen and oxygen atoms in total. The van der Waals surface area contributed by atoms with Gasteiger partial charge in [-0.1, -0.05) is 18.2 Å². The maximum atomic E-state index is 12.4. The first-order valence-electron chi connectivity index (χ1n) is 9.53. The second kappa shape index (κ2) is 11.4. The van der Waals surface area contributed by atoms with Crippen LogP contribution >= 0.6 is 0 Å². The van der Waals surface area contributed by atoms with Gasteiger partial charge in [-0.2, -0.15) is 0 Å². The Morgan fingerprint density at radius 3 is 2.56 bits per heavy atom. The molecule has 1 amide bonds. The summed E-state index contributed by atoms with van der Waals surface area (Å²) in [5.74, 6) is 1.58. The number of benzene rings is 1. The third-order valence-electron chi connectivity index (χ3n) is 3.70. The number of carbonyl (C=O) groups excluding carboxylic acids is 1. The molecule has 0 unspecified atom stereocenters. The minimum absolute atomic E-state index is 0.298. The summed E-state index contributed by atoms with van der Waals surface area (Å²) >= 11 is 0. The largest absolute Gasteiger partial charge is 0.458 e. The summed E-state index contributed by atoms with van der Waals surface area (Å²) in [7, 11) is 0. The van der Waals surface area contributed by atoms with E-state index in [1.165, 1.54) is 0 Å². The van der Waals surface area contributed by atoms with Gasteiger partial charge in [0.25, 0.3) is 0 Å². The van der Waals surface area contributed by atoms with E-state index < -0.39 is 5.60 Å². The zero-order valence-corrected chi connectivity index (χ0v) is 17.3. The van der Waals surface area contributed by atoms with Crippen molar-refractivity contribution in [3.05, 3.63) is 53.8 Å². The Labute approximate surface area is 163 Å². The molecule has 0 spiro atoms. The van der Waals surface area contributed by atoms with Crippen molar-refractivity contribution in [1.82, 2.24) is 4.90 Å². The van der Waals surface area contributed by atoms with Gasteiger partial charge >= 0.3 is 6.09 Å². The van der Waals surface area contributed by atoms with Gasteiger partial charge in [-0.25, -0.2) is 4.79 Å². The number of hydrogen-bond acceptors (Lipinski definition) is 4. The highest BCUT2D eigenvalue weighted by Crippen LogP contribution is 2.18. The Morgan fingerprint density at radius 1 is 1.22 bits per heavy atom. The van der Waals surface area contributed by atoms with Crippen LogP contribution in [0.2, 0.25) is 0 Å². The van der Waals surface area contributed by atoms with Gasteiger partial charge in [0.2, 0.25) is 0 Å². The van der Waals surface area contributed by atoms with Crippen LogP contribution in [0.4, 0.5) is 4.79 Å². The molecule has 0 bridgehead atoms. The molecular weight excluding hydrogens is 340 g/mol. The number of ether oxygens (including phenoxy) is 2. The summed E-state index contributed by atoms with van der Waals surface area (Å²) in [6.07, 6.45) is 6.95. The smallest absolute Gasteiger partial charge is 0.410 e. The van der Waals surface area contributed by atoms with Gasteiger partial charge in [0, 0.05) is 13.1 Å². The summed E-state index contributed by atoms with van der Waals surface area (Å²) in [5, 5.41) is 0. The van der Waals surface area contributed by atoms with Crippen LogP contribution in [0.5, 0.6) is 5.75 Å². The lowest BCUT2D eigenvalue weighted by Gasteiger charge is -2.27. The second-order valence-corrected chi connectivity index (χ2v) is 7.30. The number of hydrogen-bond donors (Lipinski definition) is 1. The van der Waals surface area contributed by atoms with Crippen LogP contribution in [0.3, 0.4) is 0 Å². The van der Waals surface area contributed by atoms with Crippen molar-refractivity contribution in [2.45, 2.75) is 53.1 Å². The highest BCUT2D eigenvalue weighted by molar-refractivity contribution is 5.68. The fourth-order valence-electron chi connectivity index (χ4n) is 2.42. The third kappa shape index (κ3) is 9.29. The van der Waals surface area contributed by atoms with Crippen LogP contribution in [-0.2, 0) is 11.2 Å². The Balaban J connectivity index is 2.77. The molecule has 150 valence electrons. The van der Waals surface area contributed by atoms with Crippen LogP contribution < -0.4 is 10.5 Å². The summed E-state index contributed by atoms with van der Waals surface area (Å²) in [4.78, 5) is 14.2. The minimum atomic E-state index is -0.512. The zero-order chi connectivity index (χ0) is 20.3. The topological polar surface area (TPSA) is 64.8 Å². The molecule has 1 rings (SSSR count). The average Bonchev–Trinajstić information content (AvgIpc) is 2.60. The molecule has 0 saturated carbocycles. The standard InChI is InChI=1S/C22H34N2O3/c1-6-10-19(7-2)26-20-12-8-11-18(17-20)13-16-24(15-9-14-23)21(25)27-22(3,4)5/h6-8,10-12,17H,9,13-16,23H2,1-5H3/b10-6-,19-7+. The molecule has 2 N–H and O–H groups in total. The van der Waals surface area contributed by atoms with E-state index in [9.17, 15) is 4.79 Å². The van der Waals surface area contributed by atoms with Gasteiger partial charge in [-0.15, -0.1) is 0 Å². The Bertz CT molecular complexity index is 645. The van der Waals surface area contributed by atoms with Crippen molar-refractivity contribution in [2.24, 2.45) is 5.73 Å². The van der Waals surface area contributed by atoms with Gasteiger partial charge in [0.15, 0.2) is 0 Å². The summed E-state index contributed by atoms with van der Waals surface area (Å²) in [5.41, 5.74) is 6.20. The van der Waals surface area contributed by atoms with Crippen molar-refractivity contribution in [2.75, 3.05) is 19.6 Å². The Morgan fingerprint density at radius 2 is 1.96 bits per heavy atom. The summed E-state index contributed by atoms with van der Waals surface area (Å²) in [6.45, 7) is 11.2. The first-order chi connectivity index (χ1) is 12.8. The quantitative estimate of drug-likeness (QED) is 0.504. The maximum Gasteiger partial charge on any atom is 0.410 e. The maximum absolute atomic E-state index is 12.4. The molecule has 0 aliphatic carbocycles. The fourth-order valence-corrected chi connectivity index (χ4v) is 2.42. The van der Waals surface area contributed by atoms with E-state index in [2.05, 4.69) is 0 Å². The van der Waals surface area contributed by atoms with Crippen LogP contribution in [0.25, 0.3) is 0 Å². The van der Waals surface area contributed by atoms with E-state index in [0.717, 1.165) is 29.9 Å². The first kappa shape index (κ1) is 22.8. The average molecular weight is 375 g/mol. The Kier molecular flexibility index (Phi) is 9.65. The van der Waals surface area contributed by atoms with Crippen molar-refractivity contribution >= 4 is 6.09 Å². The van der Waals surface area contributed by atoms with E-state index in [0.29, 0.717) is 19.6 Å². The van der Waals surface area contributed by atoms with Crippen molar-refractivity contribution in [1.29, 1.82) is 0 Å². The molecule has 1 aromatic rings. The lowest BCUT2D eigenvalue weighted by molar-refractivity contribution is 0.0251. The molecule has 5 heteroatoms. The lowest BCUT2D eigenvalue weighted by atomic mass is 10.1. The molecule has 0 atom stereocenters. The monoisotopic (exact) mass is 374 g/mol. The minimum Gasteiger partial charge on any atom is -0.458 e. The van der Waals surface area contributed by atoms with Gasteiger partial charge in [0.05, 0.1) is 0 Å². The molecule has 27 heavy (non-hydrogen) atoms. The lowest BCUT2D eigenvalue weighted by Crippen LogP contribution is -2.39. The van der Waals surface area contributed by atoms with Gasteiger partial charge in [0.1, 0.15) is 17.1 Å². The van der Waals surface area contributed by atoms with Crippen molar-refractivity contribution in [3.63, 3.8) is 0 Å². The molecule has 1 aromatic carbocycles. The Hall–Kier alpha value is -2.27. The molecule has 0 fully saturated rings. The zero-order valence-electron chi connectivity index (χ0n) is 17.3. The molecule has 0 aliphatic heterocycles. The fraction of sp³-hybridized carbons (Fsp3) is 0.500. The number of rotatable bonds is 9. The number of nitrogens with two attached hydrogens (primary N) is 1. The number of nitrogens with zero attached hydrogens (tertiary/aromatic N) is 1. The summed E-state index contributed by atoms with van der Waals surface area (Å²) in [6, 6.07) is 7.93. The van der Waals surface area contributed by atoms with Gasteiger partial charge < -0.3 is 20.1 Å². The molecule has 0 saturated heterocycles. The normalized spacial score (nSPS) is 12.3. The highest BCUT2D eigenvalue weighted by atomic mass is 16.6. The van der Waals surface area contributed by atoms with Crippen LogP contribution in [0, 0.1) is 0 Å². The SMILES string of the molecule is C/C=C\C(=C/C)Oc1cccc(CCN(CCCN)C(=O)OC(C)(C)C)c1. The van der Waals surface area contributed by atoms with Crippen molar-refractivity contribution < 1.29 is 14.3 Å². The van der Waals surface area contributed by atoms with Gasteiger partial charge in [-0.3, -0.25) is 0 Å². The van der Waals surface area contributed by atoms with Crippen LogP contribution in [0.15, 0.2) is 48.3 Å². The molecule has 0 aliphatic rings. The molecular formula is C22H34N2O3. The van der Waals surface area contributed by atoms with Crippen molar-refractivity contribution in [3.8, 4) is 5.75 Å². The number of carbonyl (C=O) groups is 1. The predicted molar refractivity (Wildman–Crippen MR) is 111 cm³/mol. The van der Waals surface area contributed by atoms with Gasteiger partial charge in [-0.05, 0) is 83.9 Å². The van der Waals surface area contributed by atoms with E-state index in [1.54, 1.807) is 4.90 Å². The van der Waals surface area contributed by atoms with E-state index in [1.807, 2.05) is 77.1 Å². The molecule has 0 heterocycles. The summed E-state index contributed by atoms with van der Waals surface area (Å²) < 4.78 is 11.4. The highest BCUT2D eigenvalue weighted by Gasteiger charge is 2.21. The van der Waals surface area contributed by atoms with E-state index >= 15 is 0 Å². The first-order valence-corrected chi connectivity index (χ1v) is 9.53. The molecule has 0 radical (unpaired) electrons. The van der Waals surface area contributed by atoms with E-state index in [-0.39, 0.29) is 6.09 Å².